The normalized spacial score (nSPS) is 16.4. The van der Waals surface area contributed by atoms with Crippen molar-refractivity contribution in [2.45, 2.75) is 45.2 Å². The van der Waals surface area contributed by atoms with Crippen LogP contribution in [0.15, 0.2) is 36.4 Å². The zero-order valence-electron chi connectivity index (χ0n) is 22.9. The van der Waals surface area contributed by atoms with E-state index in [1.165, 1.54) is 4.57 Å². The molecular formula is C29H30F4N4O5. The zero-order chi connectivity index (χ0) is 30.7. The van der Waals surface area contributed by atoms with Crippen LogP contribution in [0.5, 0.6) is 5.75 Å². The van der Waals surface area contributed by atoms with Crippen molar-refractivity contribution in [2.75, 3.05) is 13.2 Å². The number of halogens is 4. The first-order valence-corrected chi connectivity index (χ1v) is 13.3. The number of nitrogens with one attached hydrogen (secondary N) is 2. The van der Waals surface area contributed by atoms with Crippen LogP contribution in [-0.4, -0.2) is 47.3 Å². The summed E-state index contributed by atoms with van der Waals surface area (Å²) in [7, 11) is 0. The third kappa shape index (κ3) is 6.39. The second kappa shape index (κ2) is 12.6. The molecule has 4 rings (SSSR count). The Kier molecular flexibility index (Phi) is 9.17. The van der Waals surface area contributed by atoms with Gasteiger partial charge in [0, 0.05) is 29.4 Å². The van der Waals surface area contributed by atoms with E-state index in [2.05, 4.69) is 10.6 Å². The fourth-order valence-corrected chi connectivity index (χ4v) is 5.09. The molecule has 4 N–H and O–H groups in total. The smallest absolute Gasteiger partial charge is 0.265 e. The van der Waals surface area contributed by atoms with Crippen molar-refractivity contribution < 1.29 is 41.5 Å². The Balaban J connectivity index is 1.65. The number of benzene rings is 2. The monoisotopic (exact) mass is 590 g/mol. The Labute approximate surface area is 238 Å². The van der Waals surface area contributed by atoms with Gasteiger partial charge in [-0.25, -0.2) is 8.78 Å². The molecule has 13 heteroatoms. The van der Waals surface area contributed by atoms with Gasteiger partial charge in [-0.1, -0.05) is 32.0 Å². The molecule has 2 aromatic carbocycles. The highest BCUT2D eigenvalue weighted by molar-refractivity contribution is 6.00. The number of hydrogen-bond donors (Lipinski definition) is 3. The van der Waals surface area contributed by atoms with Crippen molar-refractivity contribution in [3.8, 4) is 5.75 Å². The van der Waals surface area contributed by atoms with Crippen molar-refractivity contribution in [3.63, 3.8) is 0 Å². The van der Waals surface area contributed by atoms with Crippen molar-refractivity contribution in [2.24, 2.45) is 17.6 Å². The van der Waals surface area contributed by atoms with Gasteiger partial charge in [-0.2, -0.15) is 8.78 Å². The van der Waals surface area contributed by atoms with Crippen LogP contribution in [0.25, 0.3) is 10.9 Å². The zero-order valence-corrected chi connectivity index (χ0v) is 22.9. The first-order chi connectivity index (χ1) is 19.9. The topological polar surface area (TPSA) is 133 Å². The van der Waals surface area contributed by atoms with Gasteiger partial charge in [-0.15, -0.1) is 0 Å². The molecule has 0 spiro atoms. The number of nitrogens with two attached hydrogens (primary N) is 1. The maximum Gasteiger partial charge on any atom is 0.265 e. The number of carbonyl (C=O) groups excluding carboxylic acids is 4. The Hall–Kier alpha value is -4.42. The minimum Gasteiger partial charge on any atom is -0.479 e. The Bertz CT molecular complexity index is 1510. The first kappa shape index (κ1) is 30.5. The molecular weight excluding hydrogens is 560 g/mol. The van der Waals surface area contributed by atoms with Crippen molar-refractivity contribution in [1.82, 2.24) is 15.2 Å². The SMILES string of the molecule is CC(C)C[C@@H](C(=O)N[C@@H](C[C@@H]1CCNC1=O)C(=O)COc1c(F)c(F)cc(F)c1F)n1c(C(N)=O)cc2ccccc21. The summed E-state index contributed by atoms with van der Waals surface area (Å²) in [5.74, 6) is -11.9. The van der Waals surface area contributed by atoms with E-state index in [0.717, 1.165) is 0 Å². The van der Waals surface area contributed by atoms with Gasteiger partial charge >= 0.3 is 0 Å². The summed E-state index contributed by atoms with van der Waals surface area (Å²) in [6.45, 7) is 3.00. The fraction of sp³-hybridized carbons (Fsp3) is 0.379. The highest BCUT2D eigenvalue weighted by atomic mass is 19.2. The van der Waals surface area contributed by atoms with Gasteiger partial charge in [-0.3, -0.25) is 19.2 Å². The summed E-state index contributed by atoms with van der Waals surface area (Å²) in [4.78, 5) is 51.8. The van der Waals surface area contributed by atoms with E-state index in [1.807, 2.05) is 13.8 Å². The fourth-order valence-electron chi connectivity index (χ4n) is 5.09. The third-order valence-electron chi connectivity index (χ3n) is 7.13. The van der Waals surface area contributed by atoms with Crippen molar-refractivity contribution in [3.05, 3.63) is 65.4 Å². The minimum atomic E-state index is -1.83. The molecule has 0 saturated carbocycles. The number of fused-ring (bicyclic) bond motifs is 1. The molecule has 3 amide bonds. The van der Waals surface area contributed by atoms with E-state index in [0.29, 0.717) is 23.9 Å². The molecule has 42 heavy (non-hydrogen) atoms. The summed E-state index contributed by atoms with van der Waals surface area (Å²) < 4.78 is 61.8. The summed E-state index contributed by atoms with van der Waals surface area (Å²) in [6.07, 6.45) is 0.415. The second-order valence-corrected chi connectivity index (χ2v) is 10.6. The number of carbonyl (C=O) groups is 4. The van der Waals surface area contributed by atoms with Crippen LogP contribution in [-0.2, 0) is 14.4 Å². The average molecular weight is 591 g/mol. The van der Waals surface area contributed by atoms with Gasteiger partial charge in [0.15, 0.2) is 23.2 Å². The van der Waals surface area contributed by atoms with E-state index in [4.69, 9.17) is 10.5 Å². The van der Waals surface area contributed by atoms with E-state index >= 15 is 0 Å². The number of Topliss-reactive ketones (excluding diaryl/α,β-unsaturated/α-hetero) is 1. The van der Waals surface area contributed by atoms with Crippen LogP contribution in [0.1, 0.15) is 49.6 Å². The second-order valence-electron chi connectivity index (χ2n) is 10.6. The molecule has 1 aromatic heterocycles. The summed E-state index contributed by atoms with van der Waals surface area (Å²) >= 11 is 0. The Morgan fingerprint density at radius 3 is 2.36 bits per heavy atom. The molecule has 3 aromatic rings. The maximum absolute atomic E-state index is 14.1. The molecule has 0 aliphatic carbocycles. The number of rotatable bonds is 12. The molecule has 3 atom stereocenters. The highest BCUT2D eigenvalue weighted by Gasteiger charge is 2.35. The summed E-state index contributed by atoms with van der Waals surface area (Å²) in [5.41, 5.74) is 6.26. The van der Waals surface area contributed by atoms with Crippen LogP contribution in [0.3, 0.4) is 0 Å². The van der Waals surface area contributed by atoms with Gasteiger partial charge in [0.05, 0.1) is 6.04 Å². The predicted octanol–water partition coefficient (Wildman–Crippen LogP) is 3.54. The number of ether oxygens (including phenoxy) is 1. The number of para-hydroxylation sites is 1. The molecule has 1 fully saturated rings. The van der Waals surface area contributed by atoms with E-state index < -0.39 is 71.2 Å². The molecule has 1 saturated heterocycles. The van der Waals surface area contributed by atoms with Gasteiger partial charge in [0.2, 0.25) is 23.4 Å². The Morgan fingerprint density at radius 2 is 1.76 bits per heavy atom. The highest BCUT2D eigenvalue weighted by Crippen LogP contribution is 2.30. The third-order valence-corrected chi connectivity index (χ3v) is 7.13. The quantitative estimate of drug-likeness (QED) is 0.219. The number of hydrogen-bond acceptors (Lipinski definition) is 5. The molecule has 9 nitrogen and oxygen atoms in total. The average Bonchev–Trinajstić information content (AvgIpc) is 3.53. The number of ketones is 1. The summed E-state index contributed by atoms with van der Waals surface area (Å²) in [5, 5.41) is 5.91. The van der Waals surface area contributed by atoms with Gasteiger partial charge in [0.25, 0.3) is 5.91 Å². The van der Waals surface area contributed by atoms with E-state index in [-0.39, 0.29) is 36.4 Å². The number of primary amides is 1. The lowest BCUT2D eigenvalue weighted by atomic mass is 9.95. The lowest BCUT2D eigenvalue weighted by Crippen LogP contribution is -2.47. The molecule has 0 radical (unpaired) electrons. The molecule has 2 heterocycles. The van der Waals surface area contributed by atoms with Crippen molar-refractivity contribution in [1.29, 1.82) is 0 Å². The van der Waals surface area contributed by atoms with E-state index in [1.54, 1.807) is 30.3 Å². The van der Waals surface area contributed by atoms with Crippen LogP contribution in [0.2, 0.25) is 0 Å². The lowest BCUT2D eigenvalue weighted by molar-refractivity contribution is -0.132. The van der Waals surface area contributed by atoms with Crippen LogP contribution in [0.4, 0.5) is 17.6 Å². The lowest BCUT2D eigenvalue weighted by Gasteiger charge is -2.27. The summed E-state index contributed by atoms with van der Waals surface area (Å²) in [6, 6.07) is 6.09. The van der Waals surface area contributed by atoms with E-state index in [9.17, 15) is 36.7 Å². The standard InChI is InChI=1S/C29H30F4N4O5/c1-14(2)9-22(37-20-6-4-3-5-15(20)11-21(37)27(34)39)29(41)36-19(10-16-7-8-35-28(16)40)23(38)13-42-26-24(32)17(30)12-18(31)25(26)33/h3-6,11-12,14,16,19,22H,7-10,13H2,1-2H3,(H2,34,39)(H,35,40)(H,36,41)/t16-,19-,22-/m0/s1. The molecule has 1 aliphatic heterocycles. The molecule has 0 bridgehead atoms. The number of nitrogens with zero attached hydrogens (tertiary/aromatic N) is 1. The first-order valence-electron chi connectivity index (χ1n) is 13.3. The van der Waals surface area contributed by atoms with Crippen LogP contribution in [0, 0.1) is 35.1 Å². The van der Waals surface area contributed by atoms with Crippen LogP contribution >= 0.6 is 0 Å². The Morgan fingerprint density at radius 1 is 1.10 bits per heavy atom. The maximum atomic E-state index is 14.1. The molecule has 1 aliphatic rings. The minimum absolute atomic E-state index is 0.00123. The number of aromatic nitrogens is 1. The predicted molar refractivity (Wildman–Crippen MR) is 143 cm³/mol. The largest absolute Gasteiger partial charge is 0.479 e. The van der Waals surface area contributed by atoms with Gasteiger partial charge in [-0.05, 0) is 37.3 Å². The number of amides is 3. The van der Waals surface area contributed by atoms with Gasteiger partial charge in [0.1, 0.15) is 18.3 Å². The molecule has 224 valence electrons. The van der Waals surface area contributed by atoms with Gasteiger partial charge < -0.3 is 25.7 Å². The van der Waals surface area contributed by atoms with Crippen LogP contribution < -0.4 is 21.1 Å². The van der Waals surface area contributed by atoms with Crippen molar-refractivity contribution >= 4 is 34.4 Å². The molecule has 0 unspecified atom stereocenters.